The van der Waals surface area contributed by atoms with Gasteiger partial charge in [-0.3, -0.25) is 4.90 Å². The molecule has 1 N–H and O–H groups in total. The summed E-state index contributed by atoms with van der Waals surface area (Å²) < 4.78 is 13.0. The van der Waals surface area contributed by atoms with Crippen LogP contribution in [-0.2, 0) is 0 Å². The minimum atomic E-state index is -0.214. The number of hydrogen-bond acceptors (Lipinski definition) is 2. The highest BCUT2D eigenvalue weighted by Gasteiger charge is 2.28. The number of benzene rings is 1. The standard InChI is InChI=1S/C15H20FN3S/c16-12-6-8-14(9-7-12)19-11-18(10-17-15(19)20)13-4-2-1-3-5-13/h6-9,13H,1-5,10-11H2,(H,17,20). The topological polar surface area (TPSA) is 18.5 Å². The van der Waals surface area contributed by atoms with E-state index in [1.165, 1.54) is 44.2 Å². The smallest absolute Gasteiger partial charge is 0.175 e. The lowest BCUT2D eigenvalue weighted by molar-refractivity contribution is 0.148. The molecule has 1 aromatic rings. The SMILES string of the molecule is Fc1ccc(N2CN(C3CCCCC3)CNC2=S)cc1. The highest BCUT2D eigenvalue weighted by atomic mass is 32.1. The summed E-state index contributed by atoms with van der Waals surface area (Å²) in [6, 6.07) is 7.18. The Kier molecular flexibility index (Phi) is 4.17. The molecule has 1 saturated heterocycles. The summed E-state index contributed by atoms with van der Waals surface area (Å²) in [5.74, 6) is -0.214. The van der Waals surface area contributed by atoms with Crippen LogP contribution < -0.4 is 10.2 Å². The van der Waals surface area contributed by atoms with Gasteiger partial charge < -0.3 is 10.2 Å². The van der Waals surface area contributed by atoms with Crippen molar-refractivity contribution in [3.63, 3.8) is 0 Å². The zero-order chi connectivity index (χ0) is 13.9. The van der Waals surface area contributed by atoms with Crippen LogP contribution >= 0.6 is 12.2 Å². The molecule has 0 unspecified atom stereocenters. The van der Waals surface area contributed by atoms with Crippen LogP contribution in [0.5, 0.6) is 0 Å². The van der Waals surface area contributed by atoms with Crippen molar-refractivity contribution < 1.29 is 4.39 Å². The molecular weight excluding hydrogens is 273 g/mol. The average Bonchev–Trinajstić information content (AvgIpc) is 2.50. The Hall–Kier alpha value is -1.20. The first-order valence-corrected chi connectivity index (χ1v) is 7.70. The fraction of sp³-hybridized carbons (Fsp3) is 0.533. The van der Waals surface area contributed by atoms with Crippen LogP contribution in [0.25, 0.3) is 0 Å². The van der Waals surface area contributed by atoms with Crippen molar-refractivity contribution in [1.82, 2.24) is 10.2 Å². The van der Waals surface area contributed by atoms with Crippen molar-refractivity contribution in [1.29, 1.82) is 0 Å². The first-order chi connectivity index (χ1) is 9.74. The van der Waals surface area contributed by atoms with E-state index in [4.69, 9.17) is 12.2 Å². The minimum absolute atomic E-state index is 0.214. The summed E-state index contributed by atoms with van der Waals surface area (Å²) in [6.07, 6.45) is 6.54. The van der Waals surface area contributed by atoms with E-state index in [9.17, 15) is 4.39 Å². The molecule has 0 atom stereocenters. The lowest BCUT2D eigenvalue weighted by Gasteiger charge is -2.43. The molecular formula is C15H20FN3S. The van der Waals surface area contributed by atoms with Gasteiger partial charge in [-0.1, -0.05) is 19.3 Å². The molecule has 0 aromatic heterocycles. The predicted octanol–water partition coefficient (Wildman–Crippen LogP) is 3.07. The molecule has 5 heteroatoms. The lowest BCUT2D eigenvalue weighted by Crippen LogP contribution is -2.59. The molecule has 3 rings (SSSR count). The Morgan fingerprint density at radius 3 is 2.50 bits per heavy atom. The van der Waals surface area contributed by atoms with Crippen LogP contribution in [0.1, 0.15) is 32.1 Å². The lowest BCUT2D eigenvalue weighted by atomic mass is 9.94. The van der Waals surface area contributed by atoms with Gasteiger partial charge in [-0.15, -0.1) is 0 Å². The normalized spacial score (nSPS) is 21.9. The van der Waals surface area contributed by atoms with Crippen molar-refractivity contribution in [2.24, 2.45) is 0 Å². The number of hydrogen-bond donors (Lipinski definition) is 1. The van der Waals surface area contributed by atoms with Gasteiger partial charge in [-0.25, -0.2) is 4.39 Å². The van der Waals surface area contributed by atoms with E-state index >= 15 is 0 Å². The maximum absolute atomic E-state index is 13.0. The van der Waals surface area contributed by atoms with Crippen molar-refractivity contribution in [2.45, 2.75) is 38.1 Å². The summed E-state index contributed by atoms with van der Waals surface area (Å²) >= 11 is 5.39. The number of thiocarbonyl (C=S) groups is 1. The summed E-state index contributed by atoms with van der Waals surface area (Å²) in [4.78, 5) is 4.49. The fourth-order valence-electron chi connectivity index (χ4n) is 3.07. The molecule has 1 aromatic carbocycles. The van der Waals surface area contributed by atoms with E-state index in [2.05, 4.69) is 10.2 Å². The molecule has 0 amide bonds. The van der Waals surface area contributed by atoms with E-state index in [1.54, 1.807) is 12.1 Å². The molecule has 1 heterocycles. The second-order valence-electron chi connectivity index (χ2n) is 5.57. The monoisotopic (exact) mass is 293 g/mol. The molecule has 1 aliphatic carbocycles. The fourth-order valence-corrected chi connectivity index (χ4v) is 3.30. The molecule has 0 spiro atoms. The van der Waals surface area contributed by atoms with E-state index in [1.807, 2.05) is 4.90 Å². The quantitative estimate of drug-likeness (QED) is 0.844. The van der Waals surface area contributed by atoms with Gasteiger partial charge >= 0.3 is 0 Å². The summed E-state index contributed by atoms with van der Waals surface area (Å²) in [5, 5.41) is 4.01. The summed E-state index contributed by atoms with van der Waals surface area (Å²) in [6.45, 7) is 1.61. The van der Waals surface area contributed by atoms with Crippen molar-refractivity contribution >= 4 is 23.0 Å². The Balaban J connectivity index is 1.72. The van der Waals surface area contributed by atoms with E-state index in [0.29, 0.717) is 6.04 Å². The van der Waals surface area contributed by atoms with E-state index in [0.717, 1.165) is 24.1 Å². The second kappa shape index (κ2) is 6.06. The van der Waals surface area contributed by atoms with Crippen LogP contribution in [0, 0.1) is 5.82 Å². The van der Waals surface area contributed by atoms with Gasteiger partial charge in [0.2, 0.25) is 0 Å². The number of rotatable bonds is 2. The third kappa shape index (κ3) is 2.94. The summed E-state index contributed by atoms with van der Waals surface area (Å²) in [7, 11) is 0. The highest BCUT2D eigenvalue weighted by molar-refractivity contribution is 7.80. The molecule has 3 nitrogen and oxygen atoms in total. The van der Waals surface area contributed by atoms with Gasteiger partial charge in [0.05, 0.1) is 13.3 Å². The van der Waals surface area contributed by atoms with Crippen LogP contribution in [0.2, 0.25) is 0 Å². The number of anilines is 1. The third-order valence-corrected chi connectivity index (χ3v) is 4.60. The number of nitrogens with one attached hydrogen (secondary N) is 1. The highest BCUT2D eigenvalue weighted by Crippen LogP contribution is 2.25. The molecule has 0 bridgehead atoms. The van der Waals surface area contributed by atoms with Gasteiger partial charge in [0.1, 0.15) is 5.82 Å². The number of nitrogens with zero attached hydrogens (tertiary/aromatic N) is 2. The molecule has 20 heavy (non-hydrogen) atoms. The van der Waals surface area contributed by atoms with Crippen LogP contribution in [0.3, 0.4) is 0 Å². The van der Waals surface area contributed by atoms with E-state index in [-0.39, 0.29) is 5.82 Å². The van der Waals surface area contributed by atoms with Gasteiger partial charge in [0.15, 0.2) is 5.11 Å². The maximum atomic E-state index is 13.0. The minimum Gasteiger partial charge on any atom is -0.349 e. The Morgan fingerprint density at radius 2 is 1.80 bits per heavy atom. The molecule has 2 fully saturated rings. The Bertz CT molecular complexity index is 471. The van der Waals surface area contributed by atoms with Gasteiger partial charge in [0.25, 0.3) is 0 Å². The molecule has 2 aliphatic rings. The average molecular weight is 293 g/mol. The first kappa shape index (κ1) is 13.8. The number of halogens is 1. The molecule has 0 radical (unpaired) electrons. The van der Waals surface area contributed by atoms with Gasteiger partial charge in [-0.05, 0) is 49.3 Å². The van der Waals surface area contributed by atoms with Crippen molar-refractivity contribution in [3.8, 4) is 0 Å². The zero-order valence-corrected chi connectivity index (χ0v) is 12.3. The molecule has 1 aliphatic heterocycles. The second-order valence-corrected chi connectivity index (χ2v) is 5.95. The molecule has 1 saturated carbocycles. The zero-order valence-electron chi connectivity index (χ0n) is 11.5. The maximum Gasteiger partial charge on any atom is 0.175 e. The van der Waals surface area contributed by atoms with Crippen molar-refractivity contribution in [2.75, 3.05) is 18.2 Å². The van der Waals surface area contributed by atoms with Crippen LogP contribution in [0.4, 0.5) is 10.1 Å². The van der Waals surface area contributed by atoms with Gasteiger partial charge in [-0.2, -0.15) is 0 Å². The first-order valence-electron chi connectivity index (χ1n) is 7.29. The largest absolute Gasteiger partial charge is 0.349 e. The summed E-state index contributed by atoms with van der Waals surface area (Å²) in [5.41, 5.74) is 0.949. The van der Waals surface area contributed by atoms with Crippen LogP contribution in [0.15, 0.2) is 24.3 Å². The Labute approximate surface area is 124 Å². The third-order valence-electron chi connectivity index (χ3n) is 4.23. The predicted molar refractivity (Wildman–Crippen MR) is 83.1 cm³/mol. The van der Waals surface area contributed by atoms with Crippen LogP contribution in [-0.4, -0.2) is 29.4 Å². The van der Waals surface area contributed by atoms with Crippen molar-refractivity contribution in [3.05, 3.63) is 30.1 Å². The van der Waals surface area contributed by atoms with Gasteiger partial charge in [0, 0.05) is 11.7 Å². The van der Waals surface area contributed by atoms with E-state index < -0.39 is 0 Å². The Morgan fingerprint density at radius 1 is 1.10 bits per heavy atom. The molecule has 108 valence electrons.